The summed E-state index contributed by atoms with van der Waals surface area (Å²) < 4.78 is 11.2. The molecule has 0 aromatic heterocycles. The lowest BCUT2D eigenvalue weighted by Crippen LogP contribution is -2.47. The number of nitrogens with zero attached hydrogens (tertiary/aromatic N) is 1. The van der Waals surface area contributed by atoms with Crippen molar-refractivity contribution in [2.24, 2.45) is 11.8 Å². The van der Waals surface area contributed by atoms with Gasteiger partial charge in [0, 0.05) is 19.6 Å². The zero-order valence-corrected chi connectivity index (χ0v) is 12.7. The van der Waals surface area contributed by atoms with E-state index in [1.54, 1.807) is 0 Å². The van der Waals surface area contributed by atoms with Crippen LogP contribution in [-0.4, -0.2) is 47.5 Å². The second-order valence-corrected chi connectivity index (χ2v) is 4.94. The molecule has 0 spiro atoms. The van der Waals surface area contributed by atoms with Gasteiger partial charge in [0.2, 0.25) is 0 Å². The Morgan fingerprint density at radius 1 is 1.40 bits per heavy atom. The number of hydrogen-bond acceptors (Lipinski definition) is 5. The maximum Gasteiger partial charge on any atom is 0.422 e. The Morgan fingerprint density at radius 3 is 2.25 bits per heavy atom. The quantitative estimate of drug-likeness (QED) is 0.208. The van der Waals surface area contributed by atoms with Gasteiger partial charge < -0.3 is 19.4 Å². The van der Waals surface area contributed by atoms with Gasteiger partial charge in [-0.25, -0.2) is 15.6 Å². The molecule has 0 radical (unpaired) electrons. The van der Waals surface area contributed by atoms with Crippen LogP contribution in [-0.2, 0) is 14.3 Å². The van der Waals surface area contributed by atoms with Crippen molar-refractivity contribution in [1.82, 2.24) is 5.01 Å². The first-order valence-corrected chi connectivity index (χ1v) is 6.79. The van der Waals surface area contributed by atoms with Crippen LogP contribution in [0.4, 0.5) is 4.79 Å². The van der Waals surface area contributed by atoms with Gasteiger partial charge in [-0.05, 0) is 33.1 Å². The van der Waals surface area contributed by atoms with E-state index in [1.165, 1.54) is 0 Å². The topological polar surface area (TPSA) is 102 Å². The summed E-state index contributed by atoms with van der Waals surface area (Å²) >= 11 is 0. The van der Waals surface area contributed by atoms with Crippen LogP contribution in [0.1, 0.15) is 40.5 Å². The van der Waals surface area contributed by atoms with Crippen molar-refractivity contribution in [3.63, 3.8) is 0 Å². The molecule has 0 aliphatic carbocycles. The third-order valence-electron chi connectivity index (χ3n) is 3.00. The monoisotopic (exact) mass is 290 g/mol. The Kier molecular flexibility index (Phi) is 8.36. The second-order valence-electron chi connectivity index (χ2n) is 4.94. The highest BCUT2D eigenvalue weighted by atomic mass is 16.7. The van der Waals surface area contributed by atoms with Crippen LogP contribution in [0.3, 0.4) is 0 Å². The fraction of sp³-hybridized carbons (Fsp3) is 0.846. The number of rotatable bonds is 10. The predicted octanol–water partition coefficient (Wildman–Crippen LogP) is 1.61. The van der Waals surface area contributed by atoms with Crippen molar-refractivity contribution in [1.29, 1.82) is 0 Å². The van der Waals surface area contributed by atoms with E-state index in [1.807, 2.05) is 27.7 Å². The smallest absolute Gasteiger partial charge is 0.422 e. The summed E-state index contributed by atoms with van der Waals surface area (Å²) in [6.07, 6.45) is 0.0874. The molecular formula is C13H26N2O5. The molecule has 7 heteroatoms. The van der Waals surface area contributed by atoms with Gasteiger partial charge in [0.05, 0.1) is 0 Å². The molecule has 0 bridgehead atoms. The largest absolute Gasteiger partial charge is 0.464 e. The summed E-state index contributed by atoms with van der Waals surface area (Å²) in [6, 6.07) is -0.866. The number of amides is 1. The van der Waals surface area contributed by atoms with Crippen LogP contribution in [0, 0.1) is 5.92 Å². The van der Waals surface area contributed by atoms with E-state index < -0.39 is 17.9 Å². The zero-order valence-electron chi connectivity index (χ0n) is 12.7. The molecule has 2 atom stereocenters. The molecule has 0 fully saturated rings. The van der Waals surface area contributed by atoms with Gasteiger partial charge in [0.25, 0.3) is 0 Å². The number of aldehydes is 1. The van der Waals surface area contributed by atoms with E-state index in [0.717, 1.165) is 0 Å². The Hall–Kier alpha value is -1.18. The average molecular weight is 290 g/mol. The highest BCUT2D eigenvalue weighted by Crippen LogP contribution is 2.25. The summed E-state index contributed by atoms with van der Waals surface area (Å²) in [7, 11) is 0. The lowest BCUT2D eigenvalue weighted by atomic mass is 9.94. The minimum absolute atomic E-state index is 0.0127. The van der Waals surface area contributed by atoms with E-state index in [2.05, 4.69) is 0 Å². The van der Waals surface area contributed by atoms with Crippen molar-refractivity contribution < 1.29 is 24.2 Å². The van der Waals surface area contributed by atoms with Gasteiger partial charge in [0.1, 0.15) is 12.3 Å². The predicted molar refractivity (Wildman–Crippen MR) is 74.0 cm³/mol. The van der Waals surface area contributed by atoms with Crippen molar-refractivity contribution >= 4 is 12.4 Å². The number of hydrazine groups is 1. The van der Waals surface area contributed by atoms with Crippen LogP contribution in [0.15, 0.2) is 0 Å². The van der Waals surface area contributed by atoms with E-state index in [0.29, 0.717) is 37.4 Å². The van der Waals surface area contributed by atoms with Gasteiger partial charge in [-0.1, -0.05) is 6.92 Å². The SMILES string of the molecule is CCOC(C)(CC(C)CC(C=O)N(N)C(=O)O)OCC. The van der Waals surface area contributed by atoms with Crippen LogP contribution < -0.4 is 5.84 Å². The maximum absolute atomic E-state index is 11.0. The highest BCUT2D eigenvalue weighted by molar-refractivity contribution is 5.70. The van der Waals surface area contributed by atoms with Gasteiger partial charge in [-0.15, -0.1) is 0 Å². The molecule has 118 valence electrons. The first-order chi connectivity index (χ1) is 9.29. The Labute approximate surface area is 120 Å². The van der Waals surface area contributed by atoms with Crippen molar-refractivity contribution in [2.75, 3.05) is 13.2 Å². The van der Waals surface area contributed by atoms with Gasteiger partial charge in [0.15, 0.2) is 5.79 Å². The van der Waals surface area contributed by atoms with E-state index >= 15 is 0 Å². The average Bonchev–Trinajstić information content (AvgIpc) is 2.35. The molecular weight excluding hydrogens is 264 g/mol. The van der Waals surface area contributed by atoms with Crippen LogP contribution in [0.2, 0.25) is 0 Å². The van der Waals surface area contributed by atoms with E-state index in [4.69, 9.17) is 20.4 Å². The van der Waals surface area contributed by atoms with Crippen molar-refractivity contribution in [2.45, 2.75) is 52.4 Å². The minimum atomic E-state index is -1.33. The Morgan fingerprint density at radius 2 is 1.90 bits per heavy atom. The molecule has 0 saturated carbocycles. The molecule has 0 aromatic carbocycles. The van der Waals surface area contributed by atoms with E-state index in [9.17, 15) is 9.59 Å². The zero-order chi connectivity index (χ0) is 15.8. The second kappa shape index (κ2) is 8.89. The fourth-order valence-electron chi connectivity index (χ4n) is 2.28. The number of carbonyl (C=O) groups is 2. The molecule has 0 rings (SSSR count). The van der Waals surface area contributed by atoms with Gasteiger partial charge >= 0.3 is 6.09 Å². The van der Waals surface area contributed by atoms with Crippen LogP contribution in [0.25, 0.3) is 0 Å². The number of carboxylic acid groups (broad SMARTS) is 1. The molecule has 0 saturated heterocycles. The molecule has 0 aromatic rings. The minimum Gasteiger partial charge on any atom is -0.464 e. The summed E-state index contributed by atoms with van der Waals surface area (Å²) in [5, 5.41) is 9.32. The molecule has 1 amide bonds. The van der Waals surface area contributed by atoms with Crippen LogP contribution >= 0.6 is 0 Å². The van der Waals surface area contributed by atoms with Gasteiger partial charge in [-0.3, -0.25) is 0 Å². The Balaban J connectivity index is 4.60. The lowest BCUT2D eigenvalue weighted by Gasteiger charge is -2.33. The summed E-state index contributed by atoms with van der Waals surface area (Å²) in [5.41, 5.74) is 0. The highest BCUT2D eigenvalue weighted by Gasteiger charge is 2.30. The number of ether oxygens (including phenoxy) is 2. The first-order valence-electron chi connectivity index (χ1n) is 6.79. The molecule has 0 heterocycles. The molecule has 20 heavy (non-hydrogen) atoms. The molecule has 7 nitrogen and oxygen atoms in total. The number of hydrogen-bond donors (Lipinski definition) is 2. The van der Waals surface area contributed by atoms with Gasteiger partial charge in [-0.2, -0.15) is 0 Å². The third-order valence-corrected chi connectivity index (χ3v) is 3.00. The maximum atomic E-state index is 11.0. The number of carbonyl (C=O) groups excluding carboxylic acids is 1. The summed E-state index contributed by atoms with van der Waals surface area (Å²) in [6.45, 7) is 8.52. The molecule has 0 aliphatic heterocycles. The Bertz CT molecular complexity index is 305. The first kappa shape index (κ1) is 18.8. The standard InChI is InChI=1S/C13H26N2O5/c1-5-19-13(4,20-6-2)8-10(3)7-11(9-16)15(14)12(17)18/h9-11H,5-8,14H2,1-4H3,(H,17,18). The van der Waals surface area contributed by atoms with Crippen molar-refractivity contribution in [3.05, 3.63) is 0 Å². The summed E-state index contributed by atoms with van der Waals surface area (Å²) in [4.78, 5) is 21.7. The summed E-state index contributed by atoms with van der Waals surface area (Å²) in [5.74, 6) is 4.62. The van der Waals surface area contributed by atoms with E-state index in [-0.39, 0.29) is 5.92 Å². The molecule has 2 unspecified atom stereocenters. The van der Waals surface area contributed by atoms with Crippen molar-refractivity contribution in [3.8, 4) is 0 Å². The lowest BCUT2D eigenvalue weighted by molar-refractivity contribution is -0.230. The molecule has 0 aliphatic rings. The molecule has 3 N–H and O–H groups in total. The third kappa shape index (κ3) is 6.31. The number of nitrogens with two attached hydrogens (primary N) is 1. The normalized spacial score (nSPS) is 14.7. The fourth-order valence-corrected chi connectivity index (χ4v) is 2.28. The van der Waals surface area contributed by atoms with Crippen LogP contribution in [0.5, 0.6) is 0 Å².